The molecule has 1 N–H and O–H groups in total. The predicted molar refractivity (Wildman–Crippen MR) is 68.2 cm³/mol. The first-order valence-corrected chi connectivity index (χ1v) is 5.80. The average Bonchev–Trinajstić information content (AvgIpc) is 2.32. The number of rotatable bonds is 3. The second-order valence-corrected chi connectivity index (χ2v) is 4.43. The van der Waals surface area contributed by atoms with Gasteiger partial charge in [-0.25, -0.2) is 4.98 Å². The fraction of sp³-hybridized carbons (Fsp3) is 0.167. The Hall–Kier alpha value is -1.42. The maximum absolute atomic E-state index is 4.16. The van der Waals surface area contributed by atoms with Gasteiger partial charge in [-0.3, -0.25) is 4.98 Å². The highest BCUT2D eigenvalue weighted by atomic mass is 79.9. The molecule has 16 heavy (non-hydrogen) atoms. The topological polar surface area (TPSA) is 37.8 Å². The number of hydrogen-bond acceptors (Lipinski definition) is 3. The molecule has 82 valence electrons. The van der Waals surface area contributed by atoms with Gasteiger partial charge in [-0.1, -0.05) is 22.0 Å². The minimum atomic E-state index is 0.754. The minimum absolute atomic E-state index is 0.754. The predicted octanol–water partition coefficient (Wildman–Crippen LogP) is 3.16. The molecule has 0 spiro atoms. The standard InChI is InChI=1S/C12H12BrN3/c1-9-2-3-11(13)6-10(9)7-16-12-8-14-4-5-15-12/h2-6,8H,7H2,1H3,(H,15,16). The van der Waals surface area contributed by atoms with Gasteiger partial charge in [0, 0.05) is 23.4 Å². The van der Waals surface area contributed by atoms with Crippen molar-refractivity contribution < 1.29 is 0 Å². The Kier molecular flexibility index (Phi) is 3.51. The van der Waals surface area contributed by atoms with Crippen LogP contribution < -0.4 is 5.32 Å². The molecule has 0 atom stereocenters. The van der Waals surface area contributed by atoms with E-state index >= 15 is 0 Å². The van der Waals surface area contributed by atoms with Crippen LogP contribution in [0.1, 0.15) is 11.1 Å². The first-order valence-electron chi connectivity index (χ1n) is 5.00. The maximum atomic E-state index is 4.16. The molecule has 0 radical (unpaired) electrons. The van der Waals surface area contributed by atoms with E-state index in [-0.39, 0.29) is 0 Å². The molecule has 3 nitrogen and oxygen atoms in total. The Bertz CT molecular complexity index is 471. The molecular weight excluding hydrogens is 266 g/mol. The monoisotopic (exact) mass is 277 g/mol. The van der Waals surface area contributed by atoms with Crippen LogP contribution in [0.5, 0.6) is 0 Å². The van der Waals surface area contributed by atoms with E-state index in [0.29, 0.717) is 0 Å². The van der Waals surface area contributed by atoms with E-state index in [1.54, 1.807) is 18.6 Å². The Morgan fingerprint density at radius 2 is 2.19 bits per heavy atom. The molecule has 1 heterocycles. The number of nitrogens with zero attached hydrogens (tertiary/aromatic N) is 2. The summed E-state index contributed by atoms with van der Waals surface area (Å²) in [6.45, 7) is 2.85. The molecule has 0 aliphatic heterocycles. The molecule has 0 aliphatic carbocycles. The van der Waals surface area contributed by atoms with Crippen LogP contribution in [0, 0.1) is 6.92 Å². The first-order chi connectivity index (χ1) is 7.75. The smallest absolute Gasteiger partial charge is 0.144 e. The Balaban J connectivity index is 2.08. The SMILES string of the molecule is Cc1ccc(Br)cc1CNc1cnccn1. The van der Waals surface area contributed by atoms with E-state index in [1.165, 1.54) is 11.1 Å². The van der Waals surface area contributed by atoms with Gasteiger partial charge in [0.15, 0.2) is 0 Å². The van der Waals surface area contributed by atoms with Crippen molar-refractivity contribution in [3.63, 3.8) is 0 Å². The zero-order valence-electron chi connectivity index (χ0n) is 8.94. The van der Waals surface area contributed by atoms with Gasteiger partial charge in [-0.2, -0.15) is 0 Å². The van der Waals surface area contributed by atoms with Crippen LogP contribution in [0.15, 0.2) is 41.3 Å². The number of nitrogens with one attached hydrogen (secondary N) is 1. The lowest BCUT2D eigenvalue weighted by Gasteiger charge is -2.08. The first kappa shape index (κ1) is 11.1. The highest BCUT2D eigenvalue weighted by Crippen LogP contribution is 2.16. The van der Waals surface area contributed by atoms with Crippen LogP contribution in [-0.4, -0.2) is 9.97 Å². The zero-order valence-corrected chi connectivity index (χ0v) is 10.5. The molecule has 0 saturated carbocycles. The molecule has 0 unspecified atom stereocenters. The molecular formula is C12H12BrN3. The molecule has 0 aliphatic rings. The van der Waals surface area contributed by atoms with Crippen LogP contribution in [0.3, 0.4) is 0 Å². The van der Waals surface area contributed by atoms with Gasteiger partial charge in [-0.15, -0.1) is 0 Å². The molecule has 0 saturated heterocycles. The van der Waals surface area contributed by atoms with E-state index in [9.17, 15) is 0 Å². The maximum Gasteiger partial charge on any atom is 0.144 e. The van der Waals surface area contributed by atoms with Crippen molar-refractivity contribution in [1.29, 1.82) is 0 Å². The van der Waals surface area contributed by atoms with Gasteiger partial charge in [0.25, 0.3) is 0 Å². The quantitative estimate of drug-likeness (QED) is 0.937. The average molecular weight is 278 g/mol. The number of aromatic nitrogens is 2. The largest absolute Gasteiger partial charge is 0.365 e. The number of anilines is 1. The van der Waals surface area contributed by atoms with Crippen molar-refractivity contribution in [1.82, 2.24) is 9.97 Å². The molecule has 0 fully saturated rings. The normalized spacial score (nSPS) is 10.1. The lowest BCUT2D eigenvalue weighted by Crippen LogP contribution is -2.03. The van der Waals surface area contributed by atoms with Crippen LogP contribution >= 0.6 is 15.9 Å². The number of hydrogen-bond donors (Lipinski definition) is 1. The van der Waals surface area contributed by atoms with Gasteiger partial charge in [0.05, 0.1) is 6.20 Å². The van der Waals surface area contributed by atoms with Gasteiger partial charge >= 0.3 is 0 Å². The lowest BCUT2D eigenvalue weighted by atomic mass is 10.1. The molecule has 0 amide bonds. The summed E-state index contributed by atoms with van der Waals surface area (Å²) < 4.78 is 1.09. The molecule has 1 aromatic carbocycles. The molecule has 2 aromatic rings. The van der Waals surface area contributed by atoms with Gasteiger partial charge in [0.1, 0.15) is 5.82 Å². The Labute approximate surface area is 103 Å². The summed E-state index contributed by atoms with van der Waals surface area (Å²) in [5.74, 6) is 0.793. The number of benzene rings is 1. The third kappa shape index (κ3) is 2.79. The van der Waals surface area contributed by atoms with Gasteiger partial charge in [0.2, 0.25) is 0 Å². The second kappa shape index (κ2) is 5.07. The van der Waals surface area contributed by atoms with Crippen LogP contribution in [-0.2, 0) is 6.54 Å². The summed E-state index contributed by atoms with van der Waals surface area (Å²) >= 11 is 3.47. The van der Waals surface area contributed by atoms with E-state index < -0.39 is 0 Å². The van der Waals surface area contributed by atoms with Crippen LogP contribution in [0.25, 0.3) is 0 Å². The Morgan fingerprint density at radius 3 is 2.94 bits per heavy atom. The third-order valence-corrected chi connectivity index (χ3v) is 2.83. The lowest BCUT2D eigenvalue weighted by molar-refractivity contribution is 1.07. The summed E-state index contributed by atoms with van der Waals surface area (Å²) in [7, 11) is 0. The van der Waals surface area contributed by atoms with Crippen LogP contribution in [0.2, 0.25) is 0 Å². The van der Waals surface area contributed by atoms with E-state index in [4.69, 9.17) is 0 Å². The summed E-state index contributed by atoms with van der Waals surface area (Å²) in [6, 6.07) is 6.25. The van der Waals surface area contributed by atoms with Crippen molar-refractivity contribution in [2.24, 2.45) is 0 Å². The number of halogens is 1. The molecule has 0 bridgehead atoms. The number of aryl methyl sites for hydroxylation is 1. The molecule has 4 heteroatoms. The van der Waals surface area contributed by atoms with Gasteiger partial charge < -0.3 is 5.32 Å². The van der Waals surface area contributed by atoms with Crippen molar-refractivity contribution >= 4 is 21.7 Å². The summed E-state index contributed by atoms with van der Waals surface area (Å²) in [4.78, 5) is 8.16. The third-order valence-electron chi connectivity index (χ3n) is 2.33. The minimum Gasteiger partial charge on any atom is -0.365 e. The second-order valence-electron chi connectivity index (χ2n) is 3.52. The van der Waals surface area contributed by atoms with Crippen molar-refractivity contribution in [2.75, 3.05) is 5.32 Å². The van der Waals surface area contributed by atoms with Gasteiger partial charge in [-0.05, 0) is 30.2 Å². The fourth-order valence-corrected chi connectivity index (χ4v) is 1.82. The highest BCUT2D eigenvalue weighted by Gasteiger charge is 1.99. The summed E-state index contributed by atoms with van der Waals surface area (Å²) in [5.41, 5.74) is 2.51. The van der Waals surface area contributed by atoms with Crippen LogP contribution in [0.4, 0.5) is 5.82 Å². The molecule has 2 rings (SSSR count). The summed E-state index contributed by atoms with van der Waals surface area (Å²) in [5, 5.41) is 3.23. The zero-order chi connectivity index (χ0) is 11.4. The van der Waals surface area contributed by atoms with E-state index in [2.05, 4.69) is 50.3 Å². The van der Waals surface area contributed by atoms with E-state index in [0.717, 1.165) is 16.8 Å². The fourth-order valence-electron chi connectivity index (χ4n) is 1.41. The van der Waals surface area contributed by atoms with Crippen molar-refractivity contribution in [3.8, 4) is 0 Å². The van der Waals surface area contributed by atoms with Crippen molar-refractivity contribution in [2.45, 2.75) is 13.5 Å². The van der Waals surface area contributed by atoms with Crippen molar-refractivity contribution in [3.05, 3.63) is 52.4 Å². The summed E-state index contributed by atoms with van der Waals surface area (Å²) in [6.07, 6.45) is 5.05. The molecule has 1 aromatic heterocycles. The highest BCUT2D eigenvalue weighted by molar-refractivity contribution is 9.10. The Morgan fingerprint density at radius 1 is 1.31 bits per heavy atom. The van der Waals surface area contributed by atoms with E-state index in [1.807, 2.05) is 6.07 Å².